The number of nitrogens with one attached hydrogen (secondary N) is 1. The number of nitro benzene ring substituents is 1. The number of carbonyl (C=O) groups excluding carboxylic acids is 1. The number of carbonyl (C=O) groups is 1. The quantitative estimate of drug-likeness (QED) is 0.292. The molecule has 32 heavy (non-hydrogen) atoms. The van der Waals surface area contributed by atoms with Crippen LogP contribution in [0.25, 0.3) is 5.69 Å². The number of nitrogens with zero attached hydrogens (tertiary/aromatic N) is 5. The summed E-state index contributed by atoms with van der Waals surface area (Å²) in [7, 11) is 3.80. The first-order valence-corrected chi connectivity index (χ1v) is 10.8. The molecule has 1 heterocycles. The molecule has 0 bridgehead atoms. The summed E-state index contributed by atoms with van der Waals surface area (Å²) in [6.45, 7) is 1.95. The second-order valence-corrected chi connectivity index (χ2v) is 8.40. The van der Waals surface area contributed by atoms with Crippen LogP contribution in [-0.2, 0) is 4.79 Å². The number of anilines is 1. The molecule has 1 N–H and O–H groups in total. The van der Waals surface area contributed by atoms with Crippen LogP contribution in [0.2, 0.25) is 5.02 Å². The van der Waals surface area contributed by atoms with Gasteiger partial charge in [-0.3, -0.25) is 24.4 Å². The van der Waals surface area contributed by atoms with E-state index in [0.717, 1.165) is 11.8 Å². The predicted octanol–water partition coefficient (Wildman–Crippen LogP) is 4.32. The molecule has 0 saturated heterocycles. The Morgan fingerprint density at radius 1 is 1.28 bits per heavy atom. The molecule has 0 radical (unpaired) electrons. The van der Waals surface area contributed by atoms with E-state index in [1.54, 1.807) is 16.7 Å². The van der Waals surface area contributed by atoms with Crippen molar-refractivity contribution < 1.29 is 14.1 Å². The SMILES string of the molecule is CC(c1nnc(SCC(=O)Nc2cc([N+](=O)[O-])ccc2Cl)n1-c1ccc(F)cc1)N(C)C. The van der Waals surface area contributed by atoms with Gasteiger partial charge < -0.3 is 5.32 Å². The summed E-state index contributed by atoms with van der Waals surface area (Å²) >= 11 is 7.17. The van der Waals surface area contributed by atoms with Crippen LogP contribution in [0.3, 0.4) is 0 Å². The Balaban J connectivity index is 1.82. The van der Waals surface area contributed by atoms with E-state index < -0.39 is 10.8 Å². The minimum absolute atomic E-state index is 0.0469. The molecule has 2 aromatic carbocycles. The van der Waals surface area contributed by atoms with Gasteiger partial charge in [0.05, 0.1) is 27.4 Å². The summed E-state index contributed by atoms with van der Waals surface area (Å²) in [6.07, 6.45) is 0. The summed E-state index contributed by atoms with van der Waals surface area (Å²) in [4.78, 5) is 24.8. The zero-order chi connectivity index (χ0) is 23.4. The summed E-state index contributed by atoms with van der Waals surface area (Å²) in [6, 6.07) is 9.60. The van der Waals surface area contributed by atoms with Crippen LogP contribution in [-0.4, -0.2) is 50.3 Å². The van der Waals surface area contributed by atoms with Gasteiger partial charge in [0.2, 0.25) is 5.91 Å². The van der Waals surface area contributed by atoms with E-state index in [9.17, 15) is 19.3 Å². The smallest absolute Gasteiger partial charge is 0.271 e. The van der Waals surface area contributed by atoms with Crippen molar-refractivity contribution in [3.63, 3.8) is 0 Å². The molecule has 0 fully saturated rings. The molecule has 0 aliphatic heterocycles. The van der Waals surface area contributed by atoms with Gasteiger partial charge in [-0.1, -0.05) is 23.4 Å². The van der Waals surface area contributed by atoms with Crippen molar-refractivity contribution in [3.05, 3.63) is 69.2 Å². The third-order valence-corrected chi connectivity index (χ3v) is 5.92. The van der Waals surface area contributed by atoms with Gasteiger partial charge in [0.1, 0.15) is 5.82 Å². The Hall–Kier alpha value is -3.02. The van der Waals surface area contributed by atoms with E-state index in [1.807, 2.05) is 25.9 Å². The van der Waals surface area contributed by atoms with Crippen LogP contribution in [0.1, 0.15) is 18.8 Å². The maximum absolute atomic E-state index is 13.4. The highest BCUT2D eigenvalue weighted by molar-refractivity contribution is 7.99. The Morgan fingerprint density at radius 2 is 1.97 bits per heavy atom. The molecule has 3 aromatic rings. The normalized spacial score (nSPS) is 12.1. The molecule has 0 spiro atoms. The number of benzene rings is 2. The zero-order valence-electron chi connectivity index (χ0n) is 17.5. The van der Waals surface area contributed by atoms with Crippen LogP contribution in [0, 0.1) is 15.9 Å². The number of rotatable bonds is 8. The highest BCUT2D eigenvalue weighted by Gasteiger charge is 2.22. The third kappa shape index (κ3) is 5.42. The number of hydrogen-bond acceptors (Lipinski definition) is 7. The molecule has 0 aliphatic rings. The van der Waals surface area contributed by atoms with E-state index in [4.69, 9.17) is 11.6 Å². The van der Waals surface area contributed by atoms with Gasteiger partial charge in [-0.05, 0) is 51.4 Å². The van der Waals surface area contributed by atoms with Gasteiger partial charge in [-0.25, -0.2) is 4.39 Å². The topological polar surface area (TPSA) is 106 Å². The van der Waals surface area contributed by atoms with Gasteiger partial charge >= 0.3 is 0 Å². The molecule has 12 heteroatoms. The lowest BCUT2D eigenvalue weighted by atomic mass is 10.2. The lowest BCUT2D eigenvalue weighted by Gasteiger charge is -2.20. The molecular formula is C20H20ClFN6O3S. The number of nitro groups is 1. The summed E-state index contributed by atoms with van der Waals surface area (Å²) in [5.41, 5.74) is 0.619. The molecule has 0 aliphatic carbocycles. The molecule has 1 aromatic heterocycles. The fraction of sp³-hybridized carbons (Fsp3) is 0.250. The third-order valence-electron chi connectivity index (χ3n) is 4.66. The Labute approximate surface area is 192 Å². The van der Waals surface area contributed by atoms with Crippen LogP contribution >= 0.6 is 23.4 Å². The van der Waals surface area contributed by atoms with Crippen molar-refractivity contribution in [2.75, 3.05) is 25.2 Å². The van der Waals surface area contributed by atoms with Gasteiger partial charge in [-0.15, -0.1) is 10.2 Å². The number of amides is 1. The fourth-order valence-corrected chi connectivity index (χ4v) is 3.67. The number of aromatic nitrogens is 3. The largest absolute Gasteiger partial charge is 0.324 e. The molecule has 3 rings (SSSR count). The number of non-ortho nitro benzene ring substituents is 1. The van der Waals surface area contributed by atoms with E-state index in [1.165, 1.54) is 30.3 Å². The molecule has 1 unspecified atom stereocenters. The number of thioether (sulfide) groups is 1. The minimum atomic E-state index is -0.570. The highest BCUT2D eigenvalue weighted by atomic mass is 35.5. The average Bonchev–Trinajstić information content (AvgIpc) is 3.17. The van der Waals surface area contributed by atoms with E-state index in [-0.39, 0.29) is 34.0 Å². The Bertz CT molecular complexity index is 1140. The zero-order valence-corrected chi connectivity index (χ0v) is 19.0. The van der Waals surface area contributed by atoms with E-state index >= 15 is 0 Å². The number of hydrogen-bond donors (Lipinski definition) is 1. The second-order valence-electron chi connectivity index (χ2n) is 7.05. The van der Waals surface area contributed by atoms with Gasteiger partial charge in [0.25, 0.3) is 5.69 Å². The van der Waals surface area contributed by atoms with Crippen molar-refractivity contribution in [2.24, 2.45) is 0 Å². The van der Waals surface area contributed by atoms with Gasteiger partial charge in [0, 0.05) is 17.8 Å². The number of halogens is 2. The lowest BCUT2D eigenvalue weighted by Crippen LogP contribution is -2.21. The molecule has 168 valence electrons. The summed E-state index contributed by atoms with van der Waals surface area (Å²) in [5.74, 6) is -0.208. The van der Waals surface area contributed by atoms with Crippen molar-refractivity contribution in [1.29, 1.82) is 0 Å². The van der Waals surface area contributed by atoms with E-state index in [2.05, 4.69) is 15.5 Å². The second kappa shape index (κ2) is 10.1. The van der Waals surface area contributed by atoms with Crippen LogP contribution < -0.4 is 5.32 Å². The molecule has 9 nitrogen and oxygen atoms in total. The Kier molecular flexibility index (Phi) is 7.44. The predicted molar refractivity (Wildman–Crippen MR) is 121 cm³/mol. The van der Waals surface area contributed by atoms with Crippen molar-refractivity contribution in [1.82, 2.24) is 19.7 Å². The van der Waals surface area contributed by atoms with Crippen LogP contribution in [0.5, 0.6) is 0 Å². The molecule has 1 atom stereocenters. The average molecular weight is 479 g/mol. The lowest BCUT2D eigenvalue weighted by molar-refractivity contribution is -0.384. The monoisotopic (exact) mass is 478 g/mol. The molecule has 1 amide bonds. The van der Waals surface area contributed by atoms with Crippen molar-refractivity contribution in [2.45, 2.75) is 18.1 Å². The van der Waals surface area contributed by atoms with E-state index in [0.29, 0.717) is 16.7 Å². The maximum Gasteiger partial charge on any atom is 0.271 e. The summed E-state index contributed by atoms with van der Waals surface area (Å²) < 4.78 is 15.2. The molecular weight excluding hydrogens is 459 g/mol. The van der Waals surface area contributed by atoms with Gasteiger partial charge in [0.15, 0.2) is 11.0 Å². The standard InChI is InChI=1S/C20H20ClFN6O3S/c1-12(26(2)3)19-24-25-20(27(19)14-6-4-13(22)5-7-14)32-11-18(29)23-17-10-15(28(30)31)8-9-16(17)21/h4-10,12H,11H2,1-3H3,(H,23,29). The fourth-order valence-electron chi connectivity index (χ4n) is 2.75. The van der Waals surface area contributed by atoms with Crippen LogP contribution in [0.4, 0.5) is 15.8 Å². The Morgan fingerprint density at radius 3 is 2.59 bits per heavy atom. The minimum Gasteiger partial charge on any atom is -0.324 e. The van der Waals surface area contributed by atoms with Crippen molar-refractivity contribution in [3.8, 4) is 5.69 Å². The highest BCUT2D eigenvalue weighted by Crippen LogP contribution is 2.29. The first-order chi connectivity index (χ1) is 15.2. The summed E-state index contributed by atoms with van der Waals surface area (Å²) in [5, 5.41) is 22.7. The van der Waals surface area contributed by atoms with Gasteiger partial charge in [-0.2, -0.15) is 0 Å². The van der Waals surface area contributed by atoms with Crippen LogP contribution in [0.15, 0.2) is 47.6 Å². The molecule has 0 saturated carbocycles. The maximum atomic E-state index is 13.4. The first-order valence-electron chi connectivity index (χ1n) is 9.41. The first kappa shape index (κ1) is 23.6. The van der Waals surface area contributed by atoms with Crippen molar-refractivity contribution >= 4 is 40.6 Å².